The van der Waals surface area contributed by atoms with E-state index >= 15 is 0 Å². The molecule has 1 fully saturated rings. The molecule has 158 valence electrons. The summed E-state index contributed by atoms with van der Waals surface area (Å²) in [5.74, 6) is -0.103. The van der Waals surface area contributed by atoms with Crippen molar-refractivity contribution in [2.45, 2.75) is 58.5 Å². The van der Waals surface area contributed by atoms with Crippen LogP contribution in [0.4, 0.5) is 5.69 Å². The molecule has 0 unspecified atom stereocenters. The van der Waals surface area contributed by atoms with Gasteiger partial charge in [-0.1, -0.05) is 55.7 Å². The molecule has 1 amide bonds. The molecule has 1 aliphatic carbocycles. The molecular weight excluding hydrogens is 374 g/mol. The second-order valence-corrected chi connectivity index (χ2v) is 8.88. The Hall–Kier alpha value is -2.88. The number of carbonyl (C=O) groups excluding carboxylic acids is 2. The fourth-order valence-corrected chi connectivity index (χ4v) is 3.64. The number of hydrogen-bond acceptors (Lipinski definition) is 3. The topological polar surface area (TPSA) is 55.4 Å². The van der Waals surface area contributed by atoms with Gasteiger partial charge in [-0.3, -0.25) is 4.79 Å². The third-order valence-electron chi connectivity index (χ3n) is 5.16. The Bertz CT molecular complexity index is 904. The number of amides is 1. The number of allylic oxidation sites excluding steroid dienone is 1. The average Bonchev–Trinajstić information content (AvgIpc) is 2.72. The first kappa shape index (κ1) is 21.8. The highest BCUT2D eigenvalue weighted by molar-refractivity contribution is 6.08. The molecular formula is C26H31NO3. The van der Waals surface area contributed by atoms with Gasteiger partial charge in [0.1, 0.15) is 5.60 Å². The molecule has 4 heteroatoms. The smallest absolute Gasteiger partial charge is 0.340 e. The molecule has 4 nitrogen and oxygen atoms in total. The minimum absolute atomic E-state index is 0.256. The molecule has 1 aliphatic rings. The summed E-state index contributed by atoms with van der Waals surface area (Å²) in [7, 11) is 0. The molecule has 3 rings (SSSR count). The van der Waals surface area contributed by atoms with E-state index in [1.807, 2.05) is 51.1 Å². The maximum atomic E-state index is 12.7. The van der Waals surface area contributed by atoms with Crippen LogP contribution < -0.4 is 5.32 Å². The standard InChI is InChI=1S/C26H31NO3/c1-26(2,3)30-25(29)22-17-16-20(15-14-19-10-6-4-7-11-19)18-23(22)27-24(28)21-12-8-5-9-13-21/h5,8-9,12-19H,4,6-7,10-11H2,1-3H3,(H,27,28)/b15-14+. The second-order valence-electron chi connectivity index (χ2n) is 8.88. The van der Waals surface area contributed by atoms with Crippen LogP contribution in [0.5, 0.6) is 0 Å². The molecule has 0 bridgehead atoms. The molecule has 0 saturated heterocycles. The van der Waals surface area contributed by atoms with Gasteiger partial charge < -0.3 is 10.1 Å². The van der Waals surface area contributed by atoms with E-state index in [0.717, 1.165) is 5.56 Å². The number of anilines is 1. The van der Waals surface area contributed by atoms with Crippen molar-refractivity contribution in [1.82, 2.24) is 0 Å². The fourth-order valence-electron chi connectivity index (χ4n) is 3.64. The van der Waals surface area contributed by atoms with Gasteiger partial charge in [0.2, 0.25) is 0 Å². The molecule has 0 heterocycles. The Balaban J connectivity index is 1.86. The maximum absolute atomic E-state index is 12.7. The highest BCUT2D eigenvalue weighted by Crippen LogP contribution is 2.27. The molecule has 30 heavy (non-hydrogen) atoms. The lowest BCUT2D eigenvalue weighted by Gasteiger charge is -2.21. The zero-order valence-corrected chi connectivity index (χ0v) is 18.1. The summed E-state index contributed by atoms with van der Waals surface area (Å²) in [5, 5.41) is 2.90. The van der Waals surface area contributed by atoms with E-state index in [9.17, 15) is 9.59 Å². The summed E-state index contributed by atoms with van der Waals surface area (Å²) in [5.41, 5.74) is 1.69. The first-order valence-corrected chi connectivity index (χ1v) is 10.7. The lowest BCUT2D eigenvalue weighted by Crippen LogP contribution is -2.25. The molecule has 0 aromatic heterocycles. The van der Waals surface area contributed by atoms with Crippen molar-refractivity contribution < 1.29 is 14.3 Å². The highest BCUT2D eigenvalue weighted by Gasteiger charge is 2.21. The van der Waals surface area contributed by atoms with Gasteiger partial charge in [-0.2, -0.15) is 0 Å². The number of nitrogens with one attached hydrogen (secondary N) is 1. The largest absolute Gasteiger partial charge is 0.456 e. The Morgan fingerprint density at radius 2 is 1.70 bits per heavy atom. The quantitative estimate of drug-likeness (QED) is 0.579. The third-order valence-corrected chi connectivity index (χ3v) is 5.16. The van der Waals surface area contributed by atoms with Crippen LogP contribution in [0.2, 0.25) is 0 Å². The summed E-state index contributed by atoms with van der Waals surface area (Å²) in [6, 6.07) is 14.5. The van der Waals surface area contributed by atoms with E-state index in [2.05, 4.69) is 17.5 Å². The van der Waals surface area contributed by atoms with E-state index in [0.29, 0.717) is 22.7 Å². The first-order chi connectivity index (χ1) is 14.3. The van der Waals surface area contributed by atoms with Crippen LogP contribution in [0.3, 0.4) is 0 Å². The Morgan fingerprint density at radius 1 is 1.00 bits per heavy atom. The van der Waals surface area contributed by atoms with Crippen molar-refractivity contribution in [2.75, 3.05) is 5.32 Å². The predicted molar refractivity (Wildman–Crippen MR) is 122 cm³/mol. The predicted octanol–water partition coefficient (Wildman–Crippen LogP) is 6.49. The maximum Gasteiger partial charge on any atom is 0.340 e. The summed E-state index contributed by atoms with van der Waals surface area (Å²) in [6.45, 7) is 5.48. The van der Waals surface area contributed by atoms with Gasteiger partial charge >= 0.3 is 5.97 Å². The SMILES string of the molecule is CC(C)(C)OC(=O)c1ccc(/C=C/C2CCCCC2)cc1NC(=O)c1ccccc1. The van der Waals surface area contributed by atoms with E-state index in [-0.39, 0.29) is 5.91 Å². The molecule has 0 atom stereocenters. The number of rotatable bonds is 5. The minimum Gasteiger partial charge on any atom is -0.456 e. The van der Waals surface area contributed by atoms with Crippen LogP contribution in [0.1, 0.15) is 79.2 Å². The van der Waals surface area contributed by atoms with Crippen molar-refractivity contribution in [3.05, 3.63) is 71.3 Å². The zero-order chi connectivity index (χ0) is 21.6. The average molecular weight is 406 g/mol. The van der Waals surface area contributed by atoms with Crippen LogP contribution in [-0.4, -0.2) is 17.5 Å². The highest BCUT2D eigenvalue weighted by atomic mass is 16.6. The van der Waals surface area contributed by atoms with Crippen LogP contribution >= 0.6 is 0 Å². The monoisotopic (exact) mass is 405 g/mol. The molecule has 0 radical (unpaired) electrons. The van der Waals surface area contributed by atoms with E-state index in [4.69, 9.17) is 4.74 Å². The van der Waals surface area contributed by atoms with Gasteiger partial charge in [-0.25, -0.2) is 4.79 Å². The Kier molecular flexibility index (Phi) is 7.09. The second kappa shape index (κ2) is 9.75. The summed E-state index contributed by atoms with van der Waals surface area (Å²) in [6.07, 6.45) is 10.7. The minimum atomic E-state index is -0.614. The van der Waals surface area contributed by atoms with Gasteiger partial charge in [0.05, 0.1) is 11.3 Å². The molecule has 1 saturated carbocycles. The van der Waals surface area contributed by atoms with Gasteiger partial charge in [-0.15, -0.1) is 0 Å². The van der Waals surface area contributed by atoms with Crippen LogP contribution in [-0.2, 0) is 4.74 Å². The van der Waals surface area contributed by atoms with Crippen molar-refractivity contribution in [1.29, 1.82) is 0 Å². The van der Waals surface area contributed by atoms with Crippen LogP contribution in [0, 0.1) is 5.92 Å². The summed E-state index contributed by atoms with van der Waals surface area (Å²) < 4.78 is 5.54. The van der Waals surface area contributed by atoms with Gasteiger partial charge in [0.15, 0.2) is 0 Å². The zero-order valence-electron chi connectivity index (χ0n) is 18.1. The summed E-state index contributed by atoms with van der Waals surface area (Å²) in [4.78, 5) is 25.4. The van der Waals surface area contributed by atoms with Crippen LogP contribution in [0.15, 0.2) is 54.6 Å². The fraction of sp³-hybridized carbons (Fsp3) is 0.385. The van der Waals surface area contributed by atoms with Gasteiger partial charge in [0, 0.05) is 5.56 Å². The molecule has 2 aromatic carbocycles. The molecule has 0 spiro atoms. The third kappa shape index (κ3) is 6.31. The molecule has 0 aliphatic heterocycles. The van der Waals surface area contributed by atoms with Crippen molar-refractivity contribution in [2.24, 2.45) is 5.92 Å². The Morgan fingerprint density at radius 3 is 2.37 bits per heavy atom. The van der Waals surface area contributed by atoms with E-state index in [1.165, 1.54) is 32.1 Å². The first-order valence-electron chi connectivity index (χ1n) is 10.7. The van der Waals surface area contributed by atoms with E-state index in [1.54, 1.807) is 18.2 Å². The number of ether oxygens (including phenoxy) is 1. The lowest BCUT2D eigenvalue weighted by atomic mass is 9.88. The normalized spacial score (nSPS) is 15.2. The van der Waals surface area contributed by atoms with Crippen LogP contribution in [0.25, 0.3) is 6.08 Å². The van der Waals surface area contributed by atoms with Crippen molar-refractivity contribution in [3.8, 4) is 0 Å². The van der Waals surface area contributed by atoms with Crippen molar-refractivity contribution in [3.63, 3.8) is 0 Å². The van der Waals surface area contributed by atoms with E-state index < -0.39 is 11.6 Å². The number of hydrogen-bond donors (Lipinski definition) is 1. The van der Waals surface area contributed by atoms with Crippen molar-refractivity contribution >= 4 is 23.6 Å². The summed E-state index contributed by atoms with van der Waals surface area (Å²) >= 11 is 0. The molecule has 2 aromatic rings. The number of carbonyl (C=O) groups is 2. The Labute approximate surface area is 179 Å². The van der Waals surface area contributed by atoms with Gasteiger partial charge in [-0.05, 0) is 69.4 Å². The lowest BCUT2D eigenvalue weighted by molar-refractivity contribution is 0.00708. The number of benzene rings is 2. The van der Waals surface area contributed by atoms with Gasteiger partial charge in [0.25, 0.3) is 5.91 Å². The molecule has 1 N–H and O–H groups in total. The number of esters is 1.